The van der Waals surface area contributed by atoms with Gasteiger partial charge >= 0.3 is 0 Å². The van der Waals surface area contributed by atoms with E-state index in [-0.39, 0.29) is 19.0 Å². The molecule has 4 heteroatoms. The van der Waals surface area contributed by atoms with Gasteiger partial charge in [-0.05, 0) is 13.8 Å². The number of hydrogen-bond donors (Lipinski definition) is 0. The van der Waals surface area contributed by atoms with E-state index in [0.29, 0.717) is 6.61 Å². The number of rotatable bonds is 0. The molecule has 0 radical (unpaired) electrons. The summed E-state index contributed by atoms with van der Waals surface area (Å²) in [6.45, 7) is 3.98. The van der Waals surface area contributed by atoms with Crippen molar-refractivity contribution in [3.05, 3.63) is 0 Å². The van der Waals surface area contributed by atoms with Crippen molar-refractivity contribution >= 4 is 0 Å². The highest BCUT2D eigenvalue weighted by Gasteiger charge is 2.53. The van der Waals surface area contributed by atoms with E-state index in [1.54, 1.807) is 4.90 Å². The zero-order valence-electron chi connectivity index (χ0n) is 7.31. The summed E-state index contributed by atoms with van der Waals surface area (Å²) in [6, 6.07) is -0.0741. The van der Waals surface area contributed by atoms with Crippen molar-refractivity contribution in [3.8, 4) is 0 Å². The Bertz CT molecular complexity index is 205. The van der Waals surface area contributed by atoms with Gasteiger partial charge in [0.15, 0.2) is 0 Å². The SMILES string of the molecule is CC1(C)OC[C@@H]2CC(F)(F)CN21. The van der Waals surface area contributed by atoms with E-state index >= 15 is 0 Å². The van der Waals surface area contributed by atoms with Crippen LogP contribution in [0, 0.1) is 0 Å². The predicted molar refractivity (Wildman–Crippen MR) is 40.1 cm³/mol. The molecule has 2 nitrogen and oxygen atoms in total. The van der Waals surface area contributed by atoms with Crippen LogP contribution in [0.15, 0.2) is 0 Å². The highest BCUT2D eigenvalue weighted by Crippen LogP contribution is 2.41. The molecule has 2 fully saturated rings. The van der Waals surface area contributed by atoms with Crippen molar-refractivity contribution < 1.29 is 13.5 Å². The first-order valence-electron chi connectivity index (χ1n) is 4.19. The summed E-state index contributed by atoms with van der Waals surface area (Å²) in [7, 11) is 0. The monoisotopic (exact) mass is 177 g/mol. The molecule has 0 amide bonds. The van der Waals surface area contributed by atoms with Crippen molar-refractivity contribution in [1.82, 2.24) is 4.90 Å². The molecule has 2 saturated heterocycles. The molecule has 2 rings (SSSR count). The van der Waals surface area contributed by atoms with Crippen LogP contribution in [0.25, 0.3) is 0 Å². The van der Waals surface area contributed by atoms with E-state index in [4.69, 9.17) is 4.74 Å². The van der Waals surface area contributed by atoms with Crippen LogP contribution in [0.5, 0.6) is 0 Å². The number of fused-ring (bicyclic) bond motifs is 1. The first-order valence-corrected chi connectivity index (χ1v) is 4.19. The van der Waals surface area contributed by atoms with Gasteiger partial charge < -0.3 is 4.74 Å². The lowest BCUT2D eigenvalue weighted by molar-refractivity contribution is -0.0799. The number of hydrogen-bond acceptors (Lipinski definition) is 2. The fourth-order valence-corrected chi connectivity index (χ4v) is 2.06. The van der Waals surface area contributed by atoms with Gasteiger partial charge in [0, 0.05) is 12.5 Å². The fraction of sp³-hybridized carbons (Fsp3) is 1.00. The maximum absolute atomic E-state index is 12.9. The molecule has 1 atom stereocenters. The number of ether oxygens (including phenoxy) is 1. The van der Waals surface area contributed by atoms with Gasteiger partial charge in [-0.15, -0.1) is 0 Å². The summed E-state index contributed by atoms with van der Waals surface area (Å²) in [5.41, 5.74) is -0.495. The molecular weight excluding hydrogens is 164 g/mol. The number of nitrogens with zero attached hydrogens (tertiary/aromatic N) is 1. The maximum Gasteiger partial charge on any atom is 0.262 e. The molecule has 0 aromatic carbocycles. The third kappa shape index (κ3) is 1.13. The third-order valence-corrected chi connectivity index (χ3v) is 2.70. The van der Waals surface area contributed by atoms with Gasteiger partial charge in [0.25, 0.3) is 5.92 Å². The Balaban J connectivity index is 2.17. The first-order chi connectivity index (χ1) is 5.41. The minimum absolute atomic E-state index is 0.0452. The Morgan fingerprint density at radius 3 is 2.67 bits per heavy atom. The molecule has 12 heavy (non-hydrogen) atoms. The van der Waals surface area contributed by atoms with Crippen molar-refractivity contribution in [3.63, 3.8) is 0 Å². The van der Waals surface area contributed by atoms with Gasteiger partial charge in [0.1, 0.15) is 5.72 Å². The minimum atomic E-state index is -2.51. The van der Waals surface area contributed by atoms with E-state index in [9.17, 15) is 8.78 Å². The molecule has 0 aliphatic carbocycles. The molecule has 2 aliphatic rings. The molecule has 0 saturated carbocycles. The van der Waals surface area contributed by atoms with E-state index in [1.807, 2.05) is 13.8 Å². The van der Waals surface area contributed by atoms with Crippen molar-refractivity contribution in [2.45, 2.75) is 38.0 Å². The zero-order valence-corrected chi connectivity index (χ0v) is 7.31. The fourth-order valence-electron chi connectivity index (χ4n) is 2.06. The van der Waals surface area contributed by atoms with Crippen molar-refractivity contribution in [2.75, 3.05) is 13.2 Å². The minimum Gasteiger partial charge on any atom is -0.359 e. The van der Waals surface area contributed by atoms with Crippen LogP contribution < -0.4 is 0 Å². The molecule has 0 spiro atoms. The Hall–Kier alpha value is -0.220. The number of alkyl halides is 2. The van der Waals surface area contributed by atoms with Crippen LogP contribution in [-0.4, -0.2) is 35.7 Å². The quantitative estimate of drug-likeness (QED) is 0.555. The highest BCUT2D eigenvalue weighted by atomic mass is 19.3. The molecular formula is C8H13F2NO. The highest BCUT2D eigenvalue weighted by molar-refractivity contribution is 4.98. The van der Waals surface area contributed by atoms with Gasteiger partial charge in [-0.1, -0.05) is 0 Å². The van der Waals surface area contributed by atoms with E-state index in [1.165, 1.54) is 0 Å². The Morgan fingerprint density at radius 1 is 1.42 bits per heavy atom. The van der Waals surface area contributed by atoms with Gasteiger partial charge in [-0.3, -0.25) is 4.90 Å². The maximum atomic E-state index is 12.9. The summed E-state index contributed by atoms with van der Waals surface area (Å²) in [6.07, 6.45) is -0.0452. The predicted octanol–water partition coefficient (Wildman–Crippen LogP) is 1.46. The van der Waals surface area contributed by atoms with Gasteiger partial charge in [0.05, 0.1) is 13.2 Å². The van der Waals surface area contributed by atoms with Crippen LogP contribution in [0.4, 0.5) is 8.78 Å². The summed E-state index contributed by atoms with van der Waals surface area (Å²) in [4.78, 5) is 1.76. The summed E-state index contributed by atoms with van der Waals surface area (Å²) in [5.74, 6) is -2.51. The van der Waals surface area contributed by atoms with Crippen LogP contribution >= 0.6 is 0 Å². The Morgan fingerprint density at radius 2 is 2.08 bits per heavy atom. The second kappa shape index (κ2) is 2.17. The largest absolute Gasteiger partial charge is 0.359 e. The Kier molecular flexibility index (Phi) is 1.52. The summed E-state index contributed by atoms with van der Waals surface area (Å²) >= 11 is 0. The third-order valence-electron chi connectivity index (χ3n) is 2.70. The topological polar surface area (TPSA) is 12.5 Å². The number of halogens is 2. The lowest BCUT2D eigenvalue weighted by atomic mass is 10.2. The average Bonchev–Trinajstić information content (AvgIpc) is 2.31. The molecule has 2 aliphatic heterocycles. The van der Waals surface area contributed by atoms with Crippen LogP contribution in [-0.2, 0) is 4.74 Å². The average molecular weight is 177 g/mol. The molecule has 0 bridgehead atoms. The van der Waals surface area contributed by atoms with Gasteiger partial charge in [-0.25, -0.2) is 8.78 Å². The van der Waals surface area contributed by atoms with Crippen molar-refractivity contribution in [2.24, 2.45) is 0 Å². The summed E-state index contributed by atoms with van der Waals surface area (Å²) in [5, 5.41) is 0. The van der Waals surface area contributed by atoms with Gasteiger partial charge in [0.2, 0.25) is 0 Å². The molecule has 70 valence electrons. The smallest absolute Gasteiger partial charge is 0.262 e. The van der Waals surface area contributed by atoms with E-state index < -0.39 is 11.6 Å². The van der Waals surface area contributed by atoms with Crippen LogP contribution in [0.3, 0.4) is 0 Å². The van der Waals surface area contributed by atoms with Crippen molar-refractivity contribution in [1.29, 1.82) is 0 Å². The molecule has 2 heterocycles. The second-order valence-corrected chi connectivity index (χ2v) is 4.10. The molecule has 0 N–H and O–H groups in total. The second-order valence-electron chi connectivity index (χ2n) is 4.10. The first kappa shape index (κ1) is 8.38. The zero-order chi connectivity index (χ0) is 8.98. The molecule has 0 unspecified atom stereocenters. The van der Waals surface area contributed by atoms with Crippen LogP contribution in [0.2, 0.25) is 0 Å². The van der Waals surface area contributed by atoms with E-state index in [0.717, 1.165) is 0 Å². The normalized spacial score (nSPS) is 38.5. The van der Waals surface area contributed by atoms with E-state index in [2.05, 4.69) is 0 Å². The Labute approximate surface area is 70.5 Å². The standard InChI is InChI=1S/C8H13F2NO/c1-7(2)11-5-8(9,10)3-6(11)4-12-7/h6H,3-5H2,1-2H3/t6-/m0/s1. The molecule has 0 aromatic heterocycles. The lowest BCUT2D eigenvalue weighted by Gasteiger charge is -2.28. The lowest BCUT2D eigenvalue weighted by Crippen LogP contribution is -2.41. The van der Waals surface area contributed by atoms with Gasteiger partial charge in [-0.2, -0.15) is 0 Å². The van der Waals surface area contributed by atoms with Crippen LogP contribution in [0.1, 0.15) is 20.3 Å². The summed E-state index contributed by atoms with van der Waals surface area (Å²) < 4.78 is 31.2. The molecule has 0 aromatic rings.